The lowest BCUT2D eigenvalue weighted by Crippen LogP contribution is -2.62. The Bertz CT molecular complexity index is 1330. The number of unbranched alkanes of at least 4 members (excludes halogenated alkanes) is 6. The van der Waals surface area contributed by atoms with E-state index in [0.717, 1.165) is 142 Å². The zero-order chi connectivity index (χ0) is 52.0. The molecule has 0 aliphatic heterocycles. The maximum atomic E-state index is 14.8. The first kappa shape index (κ1) is 63.3. The molecule has 4 fully saturated rings. The smallest absolute Gasteiger partial charge is 0.320 e. The summed E-state index contributed by atoms with van der Waals surface area (Å²) in [5.41, 5.74) is 0. The highest BCUT2D eigenvalue weighted by molar-refractivity contribution is 5.83. The highest BCUT2D eigenvalue weighted by atomic mass is 16.4. The minimum absolute atomic E-state index is 0.0565. The fourth-order valence-corrected chi connectivity index (χ4v) is 12.2. The van der Waals surface area contributed by atoms with Crippen LogP contribution in [0.25, 0.3) is 0 Å². The number of carboxylic acids is 2. The van der Waals surface area contributed by atoms with Gasteiger partial charge < -0.3 is 58.1 Å². The number of rotatable bonds is 40. The number of carboxylic acid groups (broad SMARTS) is 2. The lowest BCUT2D eigenvalue weighted by atomic mass is 9.93. The molecule has 0 aromatic heterocycles. The summed E-state index contributed by atoms with van der Waals surface area (Å²) in [4.78, 5) is 51.7. The average molecular weight is 1030 g/mol. The molecule has 1 unspecified atom stereocenters. The molecule has 3 atom stereocenters. The molecule has 15 nitrogen and oxygen atoms in total. The van der Waals surface area contributed by atoms with Crippen LogP contribution < -0.4 is 47.9 Å². The van der Waals surface area contributed by atoms with Crippen LogP contribution in [0.5, 0.6) is 0 Å². The van der Waals surface area contributed by atoms with Crippen LogP contribution in [0.2, 0.25) is 0 Å². The fourth-order valence-electron chi connectivity index (χ4n) is 12.2. The van der Waals surface area contributed by atoms with Crippen LogP contribution in [-0.2, 0) is 19.2 Å². The summed E-state index contributed by atoms with van der Waals surface area (Å²) in [6, 6.07) is 0.632. The van der Waals surface area contributed by atoms with Gasteiger partial charge in [-0.15, -0.1) is 0 Å². The SMILES string of the molecule is CC(=O)NCCC(=O)C(C(NCCCCCNC1CCCCCC1)NCCCCCNC1CCCCCC1)C(NCCCC[C@H](NC1CCCCCC1)C(=O)O)NCCCC[C@H](NC1CCCCCC1)C(=O)O. The van der Waals surface area contributed by atoms with E-state index in [-0.39, 0.29) is 42.9 Å². The Kier molecular flexibility index (Phi) is 35.5. The summed E-state index contributed by atoms with van der Waals surface area (Å²) in [5, 5.41) is 53.1. The molecule has 4 aliphatic carbocycles. The standard InChI is InChI=1S/C58H111N9O6/c1-46(68)59-45-38-53(69)54(55(62-41-24-10-22-39-60-47-28-12-2-3-13-29-47)63-42-25-11-23-40-61-48-30-14-4-5-15-31-48)56(64-43-26-20-36-51(57(70)71)66-49-32-16-6-7-17-33-49)65-44-27-21-37-52(58(72)73)67-50-34-18-8-9-19-35-50/h47-52,54-56,60-67H,2-45H2,1H3,(H,59,68)(H,70,71)(H,72,73)/t51-,52-,54?/m0/s1. The molecule has 15 heteroatoms. The molecular formula is C58H111N9O6. The Morgan fingerprint density at radius 1 is 0.397 bits per heavy atom. The molecule has 4 rings (SSSR count). The van der Waals surface area contributed by atoms with Gasteiger partial charge in [-0.2, -0.15) is 0 Å². The van der Waals surface area contributed by atoms with E-state index in [2.05, 4.69) is 47.9 Å². The van der Waals surface area contributed by atoms with Gasteiger partial charge in [-0.05, 0) is 142 Å². The van der Waals surface area contributed by atoms with Crippen LogP contribution in [-0.4, -0.2) is 128 Å². The summed E-state index contributed by atoms with van der Waals surface area (Å²) >= 11 is 0. The maximum absolute atomic E-state index is 14.8. The topological polar surface area (TPSA) is 217 Å². The normalized spacial score (nSPS) is 19.7. The zero-order valence-corrected chi connectivity index (χ0v) is 46.3. The minimum atomic E-state index is -0.789. The minimum Gasteiger partial charge on any atom is -0.480 e. The molecule has 0 heterocycles. The molecule has 1 amide bonds. The first-order valence-corrected chi connectivity index (χ1v) is 30.8. The van der Waals surface area contributed by atoms with Crippen LogP contribution >= 0.6 is 0 Å². The third-order valence-electron chi connectivity index (χ3n) is 16.6. The monoisotopic (exact) mass is 1030 g/mol. The van der Waals surface area contributed by atoms with Gasteiger partial charge in [-0.1, -0.05) is 128 Å². The number of hydrogen-bond acceptors (Lipinski definition) is 12. The van der Waals surface area contributed by atoms with Gasteiger partial charge in [0.2, 0.25) is 5.91 Å². The van der Waals surface area contributed by atoms with Crippen molar-refractivity contribution in [3.05, 3.63) is 0 Å². The van der Waals surface area contributed by atoms with Gasteiger partial charge >= 0.3 is 11.9 Å². The van der Waals surface area contributed by atoms with E-state index < -0.39 is 36.1 Å². The summed E-state index contributed by atoms with van der Waals surface area (Å²) < 4.78 is 0. The predicted molar refractivity (Wildman–Crippen MR) is 298 cm³/mol. The molecule has 0 saturated heterocycles. The van der Waals surface area contributed by atoms with Crippen LogP contribution in [0.3, 0.4) is 0 Å². The van der Waals surface area contributed by atoms with Gasteiger partial charge in [-0.3, -0.25) is 19.2 Å². The van der Waals surface area contributed by atoms with Crippen molar-refractivity contribution >= 4 is 23.6 Å². The number of Topliss-reactive ketones (excluding diaryl/α,β-unsaturated/α-hetero) is 1. The fraction of sp³-hybridized carbons (Fsp3) is 0.931. The number of carbonyl (C=O) groups is 4. The first-order chi connectivity index (χ1) is 35.7. The van der Waals surface area contributed by atoms with Crippen molar-refractivity contribution in [1.82, 2.24) is 47.9 Å². The Morgan fingerprint density at radius 3 is 1.04 bits per heavy atom. The molecular weight excluding hydrogens is 919 g/mol. The van der Waals surface area contributed by atoms with E-state index in [4.69, 9.17) is 0 Å². The second kappa shape index (κ2) is 40.9. The average Bonchev–Trinajstić information content (AvgIpc) is 4.00. The number of hydrogen-bond donors (Lipinski definition) is 11. The largest absolute Gasteiger partial charge is 0.480 e. The number of carbonyl (C=O) groups excluding carboxylic acids is 2. The van der Waals surface area contributed by atoms with Crippen molar-refractivity contribution < 1.29 is 29.4 Å². The molecule has 0 aromatic rings. The van der Waals surface area contributed by atoms with Gasteiger partial charge in [0, 0.05) is 44.1 Å². The van der Waals surface area contributed by atoms with Crippen molar-refractivity contribution in [3.8, 4) is 0 Å². The number of ketones is 1. The lowest BCUT2D eigenvalue weighted by Gasteiger charge is -2.36. The summed E-state index contributed by atoms with van der Waals surface area (Å²) in [7, 11) is 0. The van der Waals surface area contributed by atoms with Crippen LogP contribution in [0.15, 0.2) is 0 Å². The molecule has 0 radical (unpaired) electrons. The summed E-state index contributed by atoms with van der Waals surface area (Å²) in [6.45, 7) is 6.56. The Labute approximate surface area is 444 Å². The van der Waals surface area contributed by atoms with Gasteiger partial charge in [-0.25, -0.2) is 0 Å². The number of amides is 1. The van der Waals surface area contributed by atoms with E-state index >= 15 is 0 Å². The van der Waals surface area contributed by atoms with E-state index in [1.807, 2.05) is 0 Å². The van der Waals surface area contributed by atoms with Crippen molar-refractivity contribution in [2.45, 2.75) is 293 Å². The van der Waals surface area contributed by atoms with E-state index in [9.17, 15) is 29.4 Å². The lowest BCUT2D eigenvalue weighted by molar-refractivity contribution is -0.140. The van der Waals surface area contributed by atoms with Crippen LogP contribution in [0.1, 0.15) is 244 Å². The molecule has 0 aromatic carbocycles. The first-order valence-electron chi connectivity index (χ1n) is 30.8. The molecule has 73 heavy (non-hydrogen) atoms. The van der Waals surface area contributed by atoms with Crippen molar-refractivity contribution in [2.24, 2.45) is 5.92 Å². The predicted octanol–water partition coefficient (Wildman–Crippen LogP) is 8.55. The molecule has 0 spiro atoms. The molecule has 4 saturated carbocycles. The van der Waals surface area contributed by atoms with Gasteiger partial charge in [0.05, 0.1) is 18.2 Å². The zero-order valence-electron chi connectivity index (χ0n) is 46.3. The second-order valence-corrected chi connectivity index (χ2v) is 22.9. The third-order valence-corrected chi connectivity index (χ3v) is 16.6. The van der Waals surface area contributed by atoms with Crippen molar-refractivity contribution in [3.63, 3.8) is 0 Å². The van der Waals surface area contributed by atoms with E-state index in [1.165, 1.54) is 110 Å². The van der Waals surface area contributed by atoms with Gasteiger partial charge in [0.15, 0.2) is 0 Å². The van der Waals surface area contributed by atoms with E-state index in [0.29, 0.717) is 38.0 Å². The molecule has 0 bridgehead atoms. The quantitative estimate of drug-likeness (QED) is 0.0158. The van der Waals surface area contributed by atoms with Gasteiger partial charge in [0.25, 0.3) is 0 Å². The summed E-state index contributed by atoms with van der Waals surface area (Å²) in [6.07, 6.45) is 39.4. The van der Waals surface area contributed by atoms with Gasteiger partial charge in [0.1, 0.15) is 17.9 Å². The Hall–Kier alpha value is -2.24. The second-order valence-electron chi connectivity index (χ2n) is 22.9. The molecule has 4 aliphatic rings. The van der Waals surface area contributed by atoms with Crippen LogP contribution in [0.4, 0.5) is 0 Å². The maximum Gasteiger partial charge on any atom is 0.320 e. The van der Waals surface area contributed by atoms with Crippen molar-refractivity contribution in [1.29, 1.82) is 0 Å². The molecule has 11 N–H and O–H groups in total. The van der Waals surface area contributed by atoms with Crippen LogP contribution in [0, 0.1) is 5.92 Å². The molecule has 424 valence electrons. The Morgan fingerprint density at radius 2 is 0.712 bits per heavy atom. The number of nitrogens with one attached hydrogen (secondary N) is 9. The van der Waals surface area contributed by atoms with E-state index in [1.54, 1.807) is 0 Å². The highest BCUT2D eigenvalue weighted by Crippen LogP contribution is 2.22. The number of aliphatic carboxylic acids is 2. The highest BCUT2D eigenvalue weighted by Gasteiger charge is 2.35. The van der Waals surface area contributed by atoms with Crippen molar-refractivity contribution in [2.75, 3.05) is 45.8 Å². The Balaban J connectivity index is 1.45. The third kappa shape index (κ3) is 29.8. The summed E-state index contributed by atoms with van der Waals surface area (Å²) in [5.74, 6) is -2.20.